The maximum absolute atomic E-state index is 14.5. The Balaban J connectivity index is 1.46. The van der Waals surface area contributed by atoms with Crippen molar-refractivity contribution in [2.45, 2.75) is 25.7 Å². The summed E-state index contributed by atoms with van der Waals surface area (Å²) in [5.41, 5.74) is 0.264. The molecule has 0 aromatic heterocycles. The van der Waals surface area contributed by atoms with Gasteiger partial charge in [0.05, 0.1) is 5.56 Å². The van der Waals surface area contributed by atoms with Gasteiger partial charge in [-0.25, -0.2) is 18.0 Å². The van der Waals surface area contributed by atoms with Crippen molar-refractivity contribution >= 4 is 16.7 Å². The third-order valence-electron chi connectivity index (χ3n) is 5.78. The van der Waals surface area contributed by atoms with Crippen molar-refractivity contribution < 1.29 is 22.7 Å². The van der Waals surface area contributed by atoms with E-state index in [1.165, 1.54) is 30.3 Å². The minimum Gasteiger partial charge on any atom is -0.423 e. The molecule has 1 saturated carbocycles. The van der Waals surface area contributed by atoms with E-state index in [1.54, 1.807) is 6.07 Å². The van der Waals surface area contributed by atoms with Crippen LogP contribution in [0.4, 0.5) is 13.2 Å². The van der Waals surface area contributed by atoms with Gasteiger partial charge < -0.3 is 4.74 Å². The molecule has 2 nitrogen and oxygen atoms in total. The van der Waals surface area contributed by atoms with Gasteiger partial charge in [-0.2, -0.15) is 0 Å². The van der Waals surface area contributed by atoms with Crippen LogP contribution in [0.5, 0.6) is 5.75 Å². The molecular formula is C27H21F3O2. The highest BCUT2D eigenvalue weighted by molar-refractivity contribution is 5.92. The Hall–Kier alpha value is -3.52. The highest BCUT2D eigenvalue weighted by Crippen LogP contribution is 2.29. The number of carbonyl (C=O) groups is 1. The van der Waals surface area contributed by atoms with Gasteiger partial charge in [-0.15, -0.1) is 6.58 Å². The molecule has 1 aliphatic rings. The summed E-state index contributed by atoms with van der Waals surface area (Å²) < 4.78 is 46.6. The van der Waals surface area contributed by atoms with Crippen LogP contribution in [-0.2, 0) is 0 Å². The smallest absolute Gasteiger partial charge is 0.346 e. The summed E-state index contributed by atoms with van der Waals surface area (Å²) in [7, 11) is 0. The number of hydrogen-bond acceptors (Lipinski definition) is 2. The number of benzene rings is 3. The van der Waals surface area contributed by atoms with E-state index in [2.05, 4.69) is 18.4 Å². The number of carbonyl (C=O) groups excluding carboxylic acids is 1. The average Bonchev–Trinajstić information content (AvgIpc) is 2.79. The normalized spacial score (nSPS) is 18.0. The van der Waals surface area contributed by atoms with Crippen molar-refractivity contribution in [3.05, 3.63) is 89.8 Å². The summed E-state index contributed by atoms with van der Waals surface area (Å²) >= 11 is 0. The van der Waals surface area contributed by atoms with Gasteiger partial charge in [0, 0.05) is 11.5 Å². The largest absolute Gasteiger partial charge is 0.423 e. The molecular weight excluding hydrogens is 413 g/mol. The second kappa shape index (κ2) is 9.32. The summed E-state index contributed by atoms with van der Waals surface area (Å²) in [6.45, 7) is 3.84. The third kappa shape index (κ3) is 4.86. The monoisotopic (exact) mass is 434 g/mol. The molecule has 3 aromatic rings. The lowest BCUT2D eigenvalue weighted by Gasteiger charge is -2.22. The number of rotatable bonds is 3. The van der Waals surface area contributed by atoms with Crippen LogP contribution in [0.15, 0.2) is 61.2 Å². The molecule has 0 unspecified atom stereocenters. The third-order valence-corrected chi connectivity index (χ3v) is 5.78. The van der Waals surface area contributed by atoms with Gasteiger partial charge >= 0.3 is 5.97 Å². The van der Waals surface area contributed by atoms with E-state index >= 15 is 0 Å². The van der Waals surface area contributed by atoms with Crippen LogP contribution in [-0.4, -0.2) is 5.97 Å². The van der Waals surface area contributed by atoms with Crippen LogP contribution in [0.3, 0.4) is 0 Å². The Morgan fingerprint density at radius 2 is 1.62 bits per heavy atom. The number of fused-ring (bicyclic) bond motifs is 1. The summed E-state index contributed by atoms with van der Waals surface area (Å²) in [6, 6.07) is 10.5. The molecule has 162 valence electrons. The molecule has 0 heterocycles. The van der Waals surface area contributed by atoms with Gasteiger partial charge in [0.25, 0.3) is 0 Å². The van der Waals surface area contributed by atoms with E-state index in [4.69, 9.17) is 4.74 Å². The lowest BCUT2D eigenvalue weighted by molar-refractivity contribution is 0.0730. The molecule has 0 spiro atoms. The standard InChI is InChI=1S/C27H21F3O2/c1-2-17-3-5-18(6-4-17)7-8-19-9-12-23(24(28)13-19)27(31)32-22-11-10-20-15-25(29)26(30)16-21(20)14-22/h2,9-18H,1,3-6H2. The molecule has 0 radical (unpaired) electrons. The van der Waals surface area contributed by atoms with Crippen molar-refractivity contribution in [3.63, 3.8) is 0 Å². The zero-order valence-corrected chi connectivity index (χ0v) is 17.3. The summed E-state index contributed by atoms with van der Waals surface area (Å²) in [5.74, 6) is 3.56. The fraction of sp³-hybridized carbons (Fsp3) is 0.222. The van der Waals surface area contributed by atoms with Gasteiger partial charge in [-0.3, -0.25) is 0 Å². The summed E-state index contributed by atoms with van der Waals surface area (Å²) in [5, 5.41) is 0.818. The maximum Gasteiger partial charge on any atom is 0.346 e. The summed E-state index contributed by atoms with van der Waals surface area (Å²) in [4.78, 5) is 12.4. The first-order valence-corrected chi connectivity index (χ1v) is 10.5. The first-order valence-electron chi connectivity index (χ1n) is 10.5. The molecule has 0 bridgehead atoms. The number of hydrogen-bond donors (Lipinski definition) is 0. The van der Waals surface area contributed by atoms with Crippen molar-refractivity contribution in [1.82, 2.24) is 0 Å². The highest BCUT2D eigenvalue weighted by atomic mass is 19.2. The van der Waals surface area contributed by atoms with Crippen molar-refractivity contribution in [2.24, 2.45) is 11.8 Å². The predicted octanol–water partition coefficient (Wildman–Crippen LogP) is 6.82. The van der Waals surface area contributed by atoms with Crippen LogP contribution in [0.2, 0.25) is 0 Å². The molecule has 0 N–H and O–H groups in total. The van der Waals surface area contributed by atoms with Crippen LogP contribution < -0.4 is 4.74 Å². The minimum atomic E-state index is -1.00. The van der Waals surface area contributed by atoms with Crippen LogP contribution >= 0.6 is 0 Å². The zero-order valence-electron chi connectivity index (χ0n) is 17.3. The zero-order chi connectivity index (χ0) is 22.7. The fourth-order valence-electron chi connectivity index (χ4n) is 3.89. The SMILES string of the molecule is C=CC1CCC(C#Cc2ccc(C(=O)Oc3ccc4cc(F)c(F)cc4c3)c(F)c2)CC1. The minimum absolute atomic E-state index is 0.104. The Labute approximate surface area is 184 Å². The van der Waals surface area contributed by atoms with Crippen molar-refractivity contribution in [1.29, 1.82) is 0 Å². The number of ether oxygens (including phenoxy) is 1. The molecule has 0 saturated heterocycles. The Bertz CT molecular complexity index is 1240. The number of halogens is 3. The van der Waals surface area contributed by atoms with E-state index in [0.29, 0.717) is 22.3 Å². The molecule has 32 heavy (non-hydrogen) atoms. The van der Waals surface area contributed by atoms with Gasteiger partial charge in [-0.1, -0.05) is 24.0 Å². The molecule has 3 aromatic carbocycles. The Kier molecular flexibility index (Phi) is 6.32. The fourth-order valence-corrected chi connectivity index (χ4v) is 3.89. The molecule has 5 heteroatoms. The second-order valence-corrected chi connectivity index (χ2v) is 7.98. The van der Waals surface area contributed by atoms with E-state index in [9.17, 15) is 18.0 Å². The van der Waals surface area contributed by atoms with E-state index in [1.807, 2.05) is 6.08 Å². The predicted molar refractivity (Wildman–Crippen MR) is 118 cm³/mol. The Morgan fingerprint density at radius 1 is 0.906 bits per heavy atom. The molecule has 0 aliphatic heterocycles. The molecule has 4 rings (SSSR count). The van der Waals surface area contributed by atoms with Crippen molar-refractivity contribution in [3.8, 4) is 17.6 Å². The van der Waals surface area contributed by atoms with Crippen LogP contribution in [0.1, 0.15) is 41.6 Å². The van der Waals surface area contributed by atoms with Crippen molar-refractivity contribution in [2.75, 3.05) is 0 Å². The number of allylic oxidation sites excluding steroid dienone is 1. The maximum atomic E-state index is 14.5. The quantitative estimate of drug-likeness (QED) is 0.196. The highest BCUT2D eigenvalue weighted by Gasteiger charge is 2.18. The van der Waals surface area contributed by atoms with Crippen LogP contribution in [0, 0.1) is 41.1 Å². The topological polar surface area (TPSA) is 26.3 Å². The number of esters is 1. The van der Waals surface area contributed by atoms with Gasteiger partial charge in [-0.05, 0) is 84.8 Å². The van der Waals surface area contributed by atoms with Gasteiger partial charge in [0.1, 0.15) is 11.6 Å². The average molecular weight is 434 g/mol. The lowest BCUT2D eigenvalue weighted by Crippen LogP contribution is -2.11. The molecule has 1 aliphatic carbocycles. The van der Waals surface area contributed by atoms with Crippen LogP contribution in [0.25, 0.3) is 10.8 Å². The molecule has 0 amide bonds. The first-order chi connectivity index (χ1) is 15.4. The van der Waals surface area contributed by atoms with Gasteiger partial charge in [0.15, 0.2) is 11.6 Å². The second-order valence-electron chi connectivity index (χ2n) is 7.98. The first kappa shape index (κ1) is 21.7. The molecule has 0 atom stereocenters. The van der Waals surface area contributed by atoms with E-state index in [0.717, 1.165) is 37.8 Å². The van der Waals surface area contributed by atoms with E-state index < -0.39 is 23.4 Å². The van der Waals surface area contributed by atoms with Gasteiger partial charge in [0.2, 0.25) is 0 Å². The lowest BCUT2D eigenvalue weighted by atomic mass is 9.82. The molecule has 1 fully saturated rings. The summed E-state index contributed by atoms with van der Waals surface area (Å²) in [6.07, 6.45) is 6.13. The van der Waals surface area contributed by atoms with E-state index in [-0.39, 0.29) is 17.2 Å². The Morgan fingerprint density at radius 3 is 2.31 bits per heavy atom.